The molecule has 1 aliphatic heterocycles. The molecule has 1 saturated heterocycles. The van der Waals surface area contributed by atoms with Crippen molar-refractivity contribution in [2.45, 2.75) is 25.8 Å². The zero-order chi connectivity index (χ0) is 13.1. The molecule has 0 aliphatic carbocycles. The Labute approximate surface area is 102 Å². The number of aromatic nitrogens is 4. The summed E-state index contributed by atoms with van der Waals surface area (Å²) < 4.78 is 7.43. The Hall–Kier alpha value is -1.96. The summed E-state index contributed by atoms with van der Waals surface area (Å²) in [7, 11) is 0. The zero-order valence-corrected chi connectivity index (χ0v) is 9.94. The summed E-state index contributed by atoms with van der Waals surface area (Å²) in [4.78, 5) is 22.6. The molecule has 1 fully saturated rings. The van der Waals surface area contributed by atoms with Crippen LogP contribution in [0.2, 0.25) is 0 Å². The highest BCUT2D eigenvalue weighted by atomic mass is 16.5. The van der Waals surface area contributed by atoms with Crippen LogP contribution in [0.25, 0.3) is 6.20 Å². The summed E-state index contributed by atoms with van der Waals surface area (Å²) >= 11 is 0. The van der Waals surface area contributed by atoms with E-state index in [1.54, 1.807) is 0 Å². The van der Waals surface area contributed by atoms with E-state index < -0.39 is 11.7 Å². The van der Waals surface area contributed by atoms with Crippen LogP contribution in [0.1, 0.15) is 25.8 Å². The number of tetrazole rings is 1. The number of carboxylic acid groups (broad SMARTS) is 1. The first-order valence-corrected chi connectivity index (χ1v) is 5.63. The minimum Gasteiger partial charge on any atom is -0.478 e. The Morgan fingerprint density at radius 1 is 1.44 bits per heavy atom. The summed E-state index contributed by atoms with van der Waals surface area (Å²) in [6.45, 7) is 2.57. The van der Waals surface area contributed by atoms with Gasteiger partial charge in [0.1, 0.15) is 0 Å². The molecule has 0 spiro atoms. The first-order chi connectivity index (χ1) is 8.59. The number of aliphatic carboxylic acids is 1. The first-order valence-electron chi connectivity index (χ1n) is 5.63. The number of carboxylic acids is 1. The molecule has 1 aliphatic rings. The Bertz CT molecular complexity index is 524. The maximum absolute atomic E-state index is 11.9. The number of hydrogen-bond acceptors (Lipinski definition) is 5. The Morgan fingerprint density at radius 3 is 2.72 bits per heavy atom. The van der Waals surface area contributed by atoms with Gasteiger partial charge in [-0.15, -0.1) is 0 Å². The van der Waals surface area contributed by atoms with Crippen molar-refractivity contribution in [3.8, 4) is 0 Å². The van der Waals surface area contributed by atoms with Gasteiger partial charge in [0.25, 0.3) is 0 Å². The Morgan fingerprint density at radius 2 is 2.11 bits per heavy atom. The van der Waals surface area contributed by atoms with Crippen LogP contribution in [0.4, 0.5) is 0 Å². The fourth-order valence-electron chi connectivity index (χ4n) is 1.75. The molecular formula is C10H14N4O4. The van der Waals surface area contributed by atoms with Gasteiger partial charge in [-0.3, -0.25) is 0 Å². The fourth-order valence-corrected chi connectivity index (χ4v) is 1.75. The molecule has 0 atom stereocenters. The number of nitrogens with zero attached hydrogens (tertiary/aromatic N) is 4. The van der Waals surface area contributed by atoms with E-state index in [1.807, 2.05) is 0 Å². The lowest BCUT2D eigenvalue weighted by Gasteiger charge is -2.20. The minimum absolute atomic E-state index is 0.0242. The van der Waals surface area contributed by atoms with Crippen LogP contribution in [-0.4, -0.2) is 44.1 Å². The third-order valence-corrected chi connectivity index (χ3v) is 2.81. The van der Waals surface area contributed by atoms with Gasteiger partial charge in [-0.05, 0) is 30.2 Å². The standard InChI is InChI=1S/C10H14N4O4/c1-7(9(15)16)6-13-10(17)14(12-11-13)8-2-4-18-5-3-8/h6,8H,2-5H2,1H3,(H,15,16). The Balaban J connectivity index is 2.26. The van der Waals surface area contributed by atoms with Gasteiger partial charge in [0.15, 0.2) is 0 Å². The van der Waals surface area contributed by atoms with Gasteiger partial charge < -0.3 is 9.84 Å². The highest BCUT2D eigenvalue weighted by Crippen LogP contribution is 2.17. The van der Waals surface area contributed by atoms with Crippen molar-refractivity contribution in [1.82, 2.24) is 19.8 Å². The average molecular weight is 254 g/mol. The lowest BCUT2D eigenvalue weighted by atomic mass is 10.1. The van der Waals surface area contributed by atoms with Gasteiger partial charge in [0, 0.05) is 19.4 Å². The highest BCUT2D eigenvalue weighted by Gasteiger charge is 2.20. The summed E-state index contributed by atoms with van der Waals surface area (Å²) in [5.74, 6) is -1.09. The smallest absolute Gasteiger partial charge is 0.368 e. The maximum atomic E-state index is 11.9. The first kappa shape index (κ1) is 12.5. The van der Waals surface area contributed by atoms with Gasteiger partial charge in [-0.2, -0.15) is 9.36 Å². The van der Waals surface area contributed by atoms with Crippen LogP contribution in [0.15, 0.2) is 10.4 Å². The van der Waals surface area contributed by atoms with Crippen LogP contribution in [0, 0.1) is 0 Å². The molecule has 0 aromatic carbocycles. The van der Waals surface area contributed by atoms with Gasteiger partial charge >= 0.3 is 11.7 Å². The highest BCUT2D eigenvalue weighted by molar-refractivity contribution is 5.89. The SMILES string of the molecule is CC(=Cn1nnn(C2CCOCC2)c1=O)C(=O)O. The predicted molar refractivity (Wildman–Crippen MR) is 61.0 cm³/mol. The lowest BCUT2D eigenvalue weighted by molar-refractivity contribution is -0.132. The summed E-state index contributed by atoms with van der Waals surface area (Å²) in [6, 6.07) is -0.0291. The van der Waals surface area contributed by atoms with Crippen LogP contribution in [0.3, 0.4) is 0 Å². The molecular weight excluding hydrogens is 240 g/mol. The second-order valence-electron chi connectivity index (χ2n) is 4.11. The zero-order valence-electron chi connectivity index (χ0n) is 9.94. The number of ether oxygens (including phenoxy) is 1. The molecule has 8 heteroatoms. The summed E-state index contributed by atoms with van der Waals surface area (Å²) in [6.07, 6.45) is 2.58. The molecule has 1 N–H and O–H groups in total. The van der Waals surface area contributed by atoms with E-state index in [0.717, 1.165) is 10.9 Å². The molecule has 18 heavy (non-hydrogen) atoms. The summed E-state index contributed by atoms with van der Waals surface area (Å²) in [5, 5.41) is 16.2. The van der Waals surface area contributed by atoms with E-state index >= 15 is 0 Å². The summed E-state index contributed by atoms with van der Waals surface area (Å²) in [5.41, 5.74) is -0.404. The van der Waals surface area contributed by atoms with Gasteiger partial charge in [0.05, 0.1) is 11.6 Å². The van der Waals surface area contributed by atoms with E-state index in [9.17, 15) is 9.59 Å². The number of rotatable bonds is 3. The van der Waals surface area contributed by atoms with E-state index in [-0.39, 0.29) is 11.6 Å². The molecule has 1 aromatic heterocycles. The van der Waals surface area contributed by atoms with E-state index in [2.05, 4.69) is 10.4 Å². The largest absolute Gasteiger partial charge is 0.478 e. The second-order valence-corrected chi connectivity index (χ2v) is 4.11. The fraction of sp³-hybridized carbons (Fsp3) is 0.600. The van der Waals surface area contributed by atoms with Crippen LogP contribution >= 0.6 is 0 Å². The monoisotopic (exact) mass is 254 g/mol. The van der Waals surface area contributed by atoms with Crippen LogP contribution < -0.4 is 5.69 Å². The molecule has 0 amide bonds. The molecule has 1 aromatic rings. The van der Waals surface area contributed by atoms with Crippen molar-refractivity contribution in [3.63, 3.8) is 0 Å². The minimum atomic E-state index is -1.09. The molecule has 2 heterocycles. The van der Waals surface area contributed by atoms with Crippen molar-refractivity contribution in [2.24, 2.45) is 0 Å². The molecule has 0 bridgehead atoms. The molecule has 2 rings (SSSR count). The molecule has 0 saturated carbocycles. The van der Waals surface area contributed by atoms with Crippen molar-refractivity contribution < 1.29 is 14.6 Å². The van der Waals surface area contributed by atoms with Crippen molar-refractivity contribution in [2.75, 3.05) is 13.2 Å². The lowest BCUT2D eigenvalue weighted by Crippen LogP contribution is -2.30. The van der Waals surface area contributed by atoms with Crippen molar-refractivity contribution >= 4 is 12.2 Å². The molecule has 8 nitrogen and oxygen atoms in total. The van der Waals surface area contributed by atoms with Gasteiger partial charge in [-0.1, -0.05) is 0 Å². The number of carbonyl (C=O) groups is 1. The topological polar surface area (TPSA) is 99.2 Å². The van der Waals surface area contributed by atoms with Gasteiger partial charge in [0.2, 0.25) is 0 Å². The average Bonchev–Trinajstić information content (AvgIpc) is 2.72. The van der Waals surface area contributed by atoms with E-state index in [4.69, 9.17) is 9.84 Å². The molecule has 0 unspecified atom stereocenters. The molecule has 0 radical (unpaired) electrons. The second kappa shape index (κ2) is 5.13. The van der Waals surface area contributed by atoms with Crippen molar-refractivity contribution in [3.05, 3.63) is 16.1 Å². The third-order valence-electron chi connectivity index (χ3n) is 2.81. The molecule has 98 valence electrons. The quantitative estimate of drug-likeness (QED) is 0.746. The third kappa shape index (κ3) is 2.48. The van der Waals surface area contributed by atoms with E-state index in [0.29, 0.717) is 26.1 Å². The van der Waals surface area contributed by atoms with Crippen LogP contribution in [-0.2, 0) is 9.53 Å². The van der Waals surface area contributed by atoms with E-state index in [1.165, 1.54) is 11.6 Å². The van der Waals surface area contributed by atoms with Gasteiger partial charge in [-0.25, -0.2) is 9.59 Å². The Kier molecular flexibility index (Phi) is 3.56. The maximum Gasteiger partial charge on any atom is 0.368 e. The van der Waals surface area contributed by atoms with Crippen LogP contribution in [0.5, 0.6) is 0 Å². The number of hydrogen-bond donors (Lipinski definition) is 1. The normalized spacial score (nSPS) is 17.9. The van der Waals surface area contributed by atoms with Crippen molar-refractivity contribution in [1.29, 1.82) is 0 Å². The predicted octanol–water partition coefficient (Wildman–Crippen LogP) is -0.263.